The number of nitrogens with zero attached hydrogens (tertiary/aromatic N) is 1. The summed E-state index contributed by atoms with van der Waals surface area (Å²) in [4.78, 5) is 11.6. The fraction of sp³-hybridized carbons (Fsp3) is 0.286. The summed E-state index contributed by atoms with van der Waals surface area (Å²) in [6, 6.07) is 6.31. The van der Waals surface area contributed by atoms with E-state index in [4.69, 9.17) is 4.74 Å². The number of carboxylic acids is 1. The van der Waals surface area contributed by atoms with E-state index >= 15 is 0 Å². The lowest BCUT2D eigenvalue weighted by atomic mass is 10.0. The minimum absolute atomic E-state index is 0.595. The maximum atomic E-state index is 11.6. The van der Waals surface area contributed by atoms with Crippen molar-refractivity contribution in [2.45, 2.75) is 19.9 Å². The quantitative estimate of drug-likeness (QED) is 0.779. The van der Waals surface area contributed by atoms with Gasteiger partial charge in [0.2, 0.25) is 0 Å². The van der Waals surface area contributed by atoms with Crippen LogP contribution in [0.4, 0.5) is 5.69 Å². The fourth-order valence-corrected chi connectivity index (χ4v) is 2.16. The van der Waals surface area contributed by atoms with Gasteiger partial charge in [-0.05, 0) is 26.0 Å². The number of ether oxygens (including phenoxy) is 1. The summed E-state index contributed by atoms with van der Waals surface area (Å²) in [5, 5.41) is 19.3. The van der Waals surface area contributed by atoms with Crippen LogP contribution in [-0.2, 0) is 4.79 Å². The lowest BCUT2D eigenvalue weighted by Gasteiger charge is -2.18. The zero-order valence-electron chi connectivity index (χ0n) is 11.6. The molecule has 0 aliphatic rings. The molecule has 0 aliphatic heterocycles. The number of rotatable bonds is 5. The van der Waals surface area contributed by atoms with E-state index in [1.54, 1.807) is 33.1 Å². The van der Waals surface area contributed by atoms with Crippen molar-refractivity contribution in [3.05, 3.63) is 41.2 Å². The van der Waals surface area contributed by atoms with Crippen molar-refractivity contribution in [1.29, 1.82) is 0 Å². The summed E-state index contributed by atoms with van der Waals surface area (Å²) in [6.45, 7) is 3.58. The average molecular weight is 275 g/mol. The Morgan fingerprint density at radius 3 is 2.65 bits per heavy atom. The predicted molar refractivity (Wildman–Crippen MR) is 75.1 cm³/mol. The van der Waals surface area contributed by atoms with Crippen molar-refractivity contribution < 1.29 is 14.6 Å². The molecule has 1 atom stereocenters. The van der Waals surface area contributed by atoms with Gasteiger partial charge in [0.25, 0.3) is 0 Å². The van der Waals surface area contributed by atoms with Crippen molar-refractivity contribution in [2.24, 2.45) is 0 Å². The number of aliphatic carboxylic acids is 1. The number of hydrogen-bond donors (Lipinski definition) is 3. The second-order valence-electron chi connectivity index (χ2n) is 4.46. The molecule has 1 unspecified atom stereocenters. The molecule has 0 fully saturated rings. The highest BCUT2D eigenvalue weighted by Gasteiger charge is 2.26. The van der Waals surface area contributed by atoms with Gasteiger partial charge in [0, 0.05) is 11.3 Å². The molecule has 0 saturated heterocycles. The standard InChI is InChI=1S/C14H17N3O3/c1-8-12(9(2)17-16-8)13(14(18)19)15-10-6-4-5-7-11(10)20-3/h4-7,13,15H,1-3H3,(H,16,17)(H,18,19). The Labute approximate surface area is 116 Å². The van der Waals surface area contributed by atoms with Gasteiger partial charge < -0.3 is 15.2 Å². The number of methoxy groups -OCH3 is 1. The first-order chi connectivity index (χ1) is 9.54. The third kappa shape index (κ3) is 2.59. The minimum atomic E-state index is -0.969. The number of para-hydroxylation sites is 2. The van der Waals surface area contributed by atoms with Crippen LogP contribution in [0.15, 0.2) is 24.3 Å². The monoisotopic (exact) mass is 275 g/mol. The highest BCUT2D eigenvalue weighted by atomic mass is 16.5. The van der Waals surface area contributed by atoms with Gasteiger partial charge in [-0.25, -0.2) is 4.79 Å². The SMILES string of the molecule is COc1ccccc1NC(C(=O)O)c1c(C)n[nH]c1C. The van der Waals surface area contributed by atoms with Gasteiger partial charge >= 0.3 is 5.97 Å². The van der Waals surface area contributed by atoms with Crippen LogP contribution in [0, 0.1) is 13.8 Å². The molecule has 0 bridgehead atoms. The molecular formula is C14H17N3O3. The number of carbonyl (C=O) groups is 1. The molecular weight excluding hydrogens is 258 g/mol. The van der Waals surface area contributed by atoms with E-state index in [2.05, 4.69) is 15.5 Å². The highest BCUT2D eigenvalue weighted by molar-refractivity contribution is 5.80. The number of nitrogens with one attached hydrogen (secondary N) is 2. The first-order valence-electron chi connectivity index (χ1n) is 6.18. The highest BCUT2D eigenvalue weighted by Crippen LogP contribution is 2.29. The fourth-order valence-electron chi connectivity index (χ4n) is 2.16. The van der Waals surface area contributed by atoms with Crippen molar-refractivity contribution in [2.75, 3.05) is 12.4 Å². The van der Waals surface area contributed by atoms with Crippen LogP contribution in [0.1, 0.15) is 23.0 Å². The van der Waals surface area contributed by atoms with E-state index in [0.717, 1.165) is 5.69 Å². The second kappa shape index (κ2) is 5.64. The molecule has 2 rings (SSSR count). The van der Waals surface area contributed by atoms with Gasteiger partial charge in [-0.1, -0.05) is 12.1 Å². The average Bonchev–Trinajstić information content (AvgIpc) is 2.76. The van der Waals surface area contributed by atoms with E-state index < -0.39 is 12.0 Å². The lowest BCUT2D eigenvalue weighted by Crippen LogP contribution is -2.22. The third-order valence-corrected chi connectivity index (χ3v) is 3.13. The number of hydrogen-bond acceptors (Lipinski definition) is 4. The van der Waals surface area contributed by atoms with Gasteiger partial charge in [-0.2, -0.15) is 5.10 Å². The molecule has 1 heterocycles. The number of aryl methyl sites for hydroxylation is 2. The number of aromatic amines is 1. The van der Waals surface area contributed by atoms with Crippen LogP contribution in [0.25, 0.3) is 0 Å². The van der Waals surface area contributed by atoms with Gasteiger partial charge in [0.05, 0.1) is 18.5 Å². The summed E-state index contributed by atoms with van der Waals surface area (Å²) in [6.07, 6.45) is 0. The summed E-state index contributed by atoms with van der Waals surface area (Å²) in [5.41, 5.74) is 2.67. The Morgan fingerprint density at radius 2 is 2.10 bits per heavy atom. The number of anilines is 1. The number of benzene rings is 1. The van der Waals surface area contributed by atoms with Crippen molar-refractivity contribution >= 4 is 11.7 Å². The molecule has 0 amide bonds. The van der Waals surface area contributed by atoms with Crippen LogP contribution in [0.5, 0.6) is 5.75 Å². The lowest BCUT2D eigenvalue weighted by molar-refractivity contribution is -0.138. The molecule has 106 valence electrons. The summed E-state index contributed by atoms with van der Waals surface area (Å²) in [7, 11) is 1.55. The molecule has 3 N–H and O–H groups in total. The molecule has 6 heteroatoms. The van der Waals surface area contributed by atoms with E-state index in [9.17, 15) is 9.90 Å². The minimum Gasteiger partial charge on any atom is -0.495 e. The molecule has 20 heavy (non-hydrogen) atoms. The van der Waals surface area contributed by atoms with Crippen molar-refractivity contribution in [3.8, 4) is 5.75 Å². The Balaban J connectivity index is 2.39. The van der Waals surface area contributed by atoms with E-state index in [1.165, 1.54) is 0 Å². The van der Waals surface area contributed by atoms with Crippen LogP contribution in [-0.4, -0.2) is 28.4 Å². The maximum absolute atomic E-state index is 11.6. The molecule has 0 aliphatic carbocycles. The van der Waals surface area contributed by atoms with Gasteiger partial charge in [0.15, 0.2) is 6.04 Å². The molecule has 1 aromatic heterocycles. The van der Waals surface area contributed by atoms with Gasteiger partial charge in [0.1, 0.15) is 5.75 Å². The Hall–Kier alpha value is -2.50. The summed E-state index contributed by atoms with van der Waals surface area (Å²) >= 11 is 0. The Morgan fingerprint density at radius 1 is 1.40 bits per heavy atom. The second-order valence-corrected chi connectivity index (χ2v) is 4.46. The number of H-pyrrole nitrogens is 1. The number of carboxylic acid groups (broad SMARTS) is 1. The summed E-state index contributed by atoms with van der Waals surface area (Å²) in [5.74, 6) is -0.374. The van der Waals surface area contributed by atoms with Crippen molar-refractivity contribution in [1.82, 2.24) is 10.2 Å². The smallest absolute Gasteiger partial charge is 0.330 e. The van der Waals surface area contributed by atoms with E-state index in [1.807, 2.05) is 12.1 Å². The zero-order valence-corrected chi connectivity index (χ0v) is 11.6. The normalized spacial score (nSPS) is 11.9. The molecule has 1 aromatic carbocycles. The van der Waals surface area contributed by atoms with Crippen LogP contribution >= 0.6 is 0 Å². The van der Waals surface area contributed by atoms with Crippen molar-refractivity contribution in [3.63, 3.8) is 0 Å². The Kier molecular flexibility index (Phi) is 3.93. The van der Waals surface area contributed by atoms with E-state index in [-0.39, 0.29) is 0 Å². The molecule has 6 nitrogen and oxygen atoms in total. The maximum Gasteiger partial charge on any atom is 0.330 e. The molecule has 0 radical (unpaired) electrons. The molecule has 2 aromatic rings. The largest absolute Gasteiger partial charge is 0.495 e. The summed E-state index contributed by atoms with van der Waals surface area (Å²) < 4.78 is 5.22. The first-order valence-corrected chi connectivity index (χ1v) is 6.18. The van der Waals surface area contributed by atoms with E-state index in [0.29, 0.717) is 22.7 Å². The van der Waals surface area contributed by atoms with Crippen LogP contribution in [0.3, 0.4) is 0 Å². The van der Waals surface area contributed by atoms with Gasteiger partial charge in [-0.15, -0.1) is 0 Å². The van der Waals surface area contributed by atoms with Gasteiger partial charge in [-0.3, -0.25) is 5.10 Å². The van der Waals surface area contributed by atoms with Crippen LogP contribution < -0.4 is 10.1 Å². The third-order valence-electron chi connectivity index (χ3n) is 3.13. The van der Waals surface area contributed by atoms with Crippen LogP contribution in [0.2, 0.25) is 0 Å². The predicted octanol–water partition coefficient (Wildman–Crippen LogP) is 2.27. The number of aromatic nitrogens is 2. The Bertz CT molecular complexity index is 602. The zero-order chi connectivity index (χ0) is 14.7. The molecule has 0 saturated carbocycles. The first kappa shape index (κ1) is 13.9. The molecule has 0 spiro atoms. The topological polar surface area (TPSA) is 87.2 Å².